The van der Waals surface area contributed by atoms with Crippen LogP contribution in [0.25, 0.3) is 11.1 Å². The number of carbonyl (C=O) groups excluding carboxylic acids is 1. The first-order valence-corrected chi connectivity index (χ1v) is 9.37. The van der Waals surface area contributed by atoms with E-state index in [0.717, 1.165) is 16.8 Å². The number of aromatic nitrogens is 1. The Bertz CT molecular complexity index is 1110. The molecule has 3 aromatic rings. The van der Waals surface area contributed by atoms with Gasteiger partial charge in [0.05, 0.1) is 25.5 Å². The number of hydrogen-bond donors (Lipinski definition) is 2. The number of ether oxygens (including phenoxy) is 2. The highest BCUT2D eigenvalue weighted by Gasteiger charge is 2.14. The molecule has 7 heteroatoms. The molecule has 0 aliphatic heterocycles. The number of rotatable bonds is 7. The zero-order valence-electron chi connectivity index (χ0n) is 17.0. The first-order chi connectivity index (χ1) is 14.6. The molecule has 0 bridgehead atoms. The van der Waals surface area contributed by atoms with E-state index in [1.807, 2.05) is 36.4 Å². The Labute approximate surface area is 175 Å². The second-order valence-corrected chi connectivity index (χ2v) is 6.40. The Kier molecular flexibility index (Phi) is 6.50. The molecule has 0 saturated heterocycles. The molecule has 30 heavy (non-hydrogen) atoms. The quantitative estimate of drug-likeness (QED) is 0.593. The number of anilines is 3. The second kappa shape index (κ2) is 9.43. The fraction of sp³-hybridized carbons (Fsp3) is 0.174. The standard InChI is InChI=1S/C23H22N4O3/c1-4-22(28)26-17-6-5-7-18(11-17)27-23-16(12-24)13-25-14-19(23)15-8-9-20(29-2)21(10-15)30-3/h5-11,13-14H,4H2,1-3H3,(H,25,27)(H,26,28). The summed E-state index contributed by atoms with van der Waals surface area (Å²) in [6.07, 6.45) is 3.59. The minimum Gasteiger partial charge on any atom is -0.493 e. The van der Waals surface area contributed by atoms with Crippen molar-refractivity contribution in [1.82, 2.24) is 4.98 Å². The zero-order valence-corrected chi connectivity index (χ0v) is 17.0. The number of methoxy groups -OCH3 is 2. The predicted octanol–water partition coefficient (Wildman–Crippen LogP) is 4.73. The third-order valence-electron chi connectivity index (χ3n) is 4.50. The molecule has 0 fully saturated rings. The van der Waals surface area contributed by atoms with Crippen molar-refractivity contribution in [2.75, 3.05) is 24.9 Å². The SMILES string of the molecule is CCC(=O)Nc1cccc(Nc2c(C#N)cncc2-c2ccc(OC)c(OC)c2)c1. The molecular formula is C23H22N4O3. The molecule has 1 amide bonds. The van der Waals surface area contributed by atoms with Crippen LogP contribution in [0.1, 0.15) is 18.9 Å². The van der Waals surface area contributed by atoms with Crippen LogP contribution in [-0.2, 0) is 4.79 Å². The summed E-state index contributed by atoms with van der Waals surface area (Å²) in [5, 5.41) is 15.8. The van der Waals surface area contributed by atoms with E-state index in [1.54, 1.807) is 33.4 Å². The lowest BCUT2D eigenvalue weighted by atomic mass is 10.0. The number of pyridine rings is 1. The van der Waals surface area contributed by atoms with Crippen molar-refractivity contribution in [2.45, 2.75) is 13.3 Å². The van der Waals surface area contributed by atoms with Gasteiger partial charge in [-0.3, -0.25) is 9.78 Å². The molecule has 1 heterocycles. The van der Waals surface area contributed by atoms with Crippen molar-refractivity contribution in [3.63, 3.8) is 0 Å². The van der Waals surface area contributed by atoms with Crippen molar-refractivity contribution in [1.29, 1.82) is 5.26 Å². The van der Waals surface area contributed by atoms with Crippen LogP contribution in [0, 0.1) is 11.3 Å². The number of nitriles is 1. The maximum atomic E-state index is 11.7. The van der Waals surface area contributed by atoms with Crippen LogP contribution in [-0.4, -0.2) is 25.1 Å². The lowest BCUT2D eigenvalue weighted by molar-refractivity contribution is -0.115. The van der Waals surface area contributed by atoms with Gasteiger partial charge in [0.1, 0.15) is 6.07 Å². The summed E-state index contributed by atoms with van der Waals surface area (Å²) < 4.78 is 10.7. The molecule has 2 N–H and O–H groups in total. The van der Waals surface area contributed by atoms with Crippen molar-refractivity contribution in [3.05, 3.63) is 60.4 Å². The van der Waals surface area contributed by atoms with Crippen LogP contribution in [0.2, 0.25) is 0 Å². The normalized spacial score (nSPS) is 10.1. The van der Waals surface area contributed by atoms with Crippen molar-refractivity contribution in [3.8, 4) is 28.7 Å². The van der Waals surface area contributed by atoms with E-state index in [9.17, 15) is 10.1 Å². The van der Waals surface area contributed by atoms with Gasteiger partial charge in [-0.25, -0.2) is 0 Å². The van der Waals surface area contributed by atoms with Crippen molar-refractivity contribution in [2.24, 2.45) is 0 Å². The zero-order chi connectivity index (χ0) is 21.5. The van der Waals surface area contributed by atoms with Gasteiger partial charge in [0, 0.05) is 35.8 Å². The Balaban J connectivity index is 2.03. The second-order valence-electron chi connectivity index (χ2n) is 6.40. The topological polar surface area (TPSA) is 96.3 Å². The monoisotopic (exact) mass is 402 g/mol. The van der Waals surface area contributed by atoms with Crippen LogP contribution in [0.4, 0.5) is 17.1 Å². The number of nitrogens with zero attached hydrogens (tertiary/aromatic N) is 2. The van der Waals surface area contributed by atoms with Gasteiger partial charge < -0.3 is 20.1 Å². The van der Waals surface area contributed by atoms with E-state index < -0.39 is 0 Å². The predicted molar refractivity (Wildman–Crippen MR) is 116 cm³/mol. The molecule has 2 aromatic carbocycles. The Morgan fingerprint density at radius 2 is 1.83 bits per heavy atom. The van der Waals surface area contributed by atoms with E-state index in [1.165, 1.54) is 6.20 Å². The number of hydrogen-bond acceptors (Lipinski definition) is 6. The van der Waals surface area contributed by atoms with Crippen LogP contribution in [0.15, 0.2) is 54.9 Å². The highest BCUT2D eigenvalue weighted by molar-refractivity contribution is 5.91. The highest BCUT2D eigenvalue weighted by Crippen LogP contribution is 2.37. The van der Waals surface area contributed by atoms with Gasteiger partial charge in [-0.05, 0) is 35.9 Å². The van der Waals surface area contributed by atoms with E-state index in [2.05, 4.69) is 21.7 Å². The third kappa shape index (κ3) is 4.50. The summed E-state index contributed by atoms with van der Waals surface area (Å²) >= 11 is 0. The summed E-state index contributed by atoms with van der Waals surface area (Å²) in [5.74, 6) is 1.12. The molecule has 0 radical (unpaired) electrons. The number of benzene rings is 2. The Morgan fingerprint density at radius 3 is 2.53 bits per heavy atom. The molecule has 1 aromatic heterocycles. The lowest BCUT2D eigenvalue weighted by Crippen LogP contribution is -2.09. The molecule has 0 spiro atoms. The first kappa shape index (κ1) is 20.7. The smallest absolute Gasteiger partial charge is 0.224 e. The average molecular weight is 402 g/mol. The number of carbonyl (C=O) groups is 1. The fourth-order valence-corrected chi connectivity index (χ4v) is 2.97. The molecule has 0 atom stereocenters. The highest BCUT2D eigenvalue weighted by atomic mass is 16.5. The maximum absolute atomic E-state index is 11.7. The van der Waals surface area contributed by atoms with E-state index >= 15 is 0 Å². The Hall–Kier alpha value is -4.05. The van der Waals surface area contributed by atoms with Crippen molar-refractivity contribution < 1.29 is 14.3 Å². The summed E-state index contributed by atoms with van der Waals surface area (Å²) in [6, 6.07) is 15.0. The number of amides is 1. The van der Waals surface area contributed by atoms with Gasteiger partial charge in [0.25, 0.3) is 0 Å². The molecule has 7 nitrogen and oxygen atoms in total. The first-order valence-electron chi connectivity index (χ1n) is 9.37. The summed E-state index contributed by atoms with van der Waals surface area (Å²) in [4.78, 5) is 15.9. The molecule has 0 aliphatic carbocycles. The minimum atomic E-state index is -0.0696. The third-order valence-corrected chi connectivity index (χ3v) is 4.50. The lowest BCUT2D eigenvalue weighted by Gasteiger charge is -2.16. The van der Waals surface area contributed by atoms with Gasteiger partial charge in [0.15, 0.2) is 11.5 Å². The summed E-state index contributed by atoms with van der Waals surface area (Å²) in [5.41, 5.74) is 3.96. The summed E-state index contributed by atoms with van der Waals surface area (Å²) in [7, 11) is 3.15. The van der Waals surface area contributed by atoms with Crippen LogP contribution in [0.3, 0.4) is 0 Å². The largest absolute Gasteiger partial charge is 0.493 e. The van der Waals surface area contributed by atoms with E-state index in [0.29, 0.717) is 34.9 Å². The number of nitrogens with one attached hydrogen (secondary N) is 2. The fourth-order valence-electron chi connectivity index (χ4n) is 2.97. The van der Waals surface area contributed by atoms with Crippen LogP contribution < -0.4 is 20.1 Å². The van der Waals surface area contributed by atoms with E-state index in [-0.39, 0.29) is 5.91 Å². The maximum Gasteiger partial charge on any atom is 0.224 e. The molecule has 3 rings (SSSR count). The molecule has 0 aliphatic rings. The van der Waals surface area contributed by atoms with Gasteiger partial charge in [0.2, 0.25) is 5.91 Å². The van der Waals surface area contributed by atoms with Crippen LogP contribution in [0.5, 0.6) is 11.5 Å². The van der Waals surface area contributed by atoms with Gasteiger partial charge >= 0.3 is 0 Å². The Morgan fingerprint density at radius 1 is 1.07 bits per heavy atom. The minimum absolute atomic E-state index is 0.0696. The van der Waals surface area contributed by atoms with E-state index in [4.69, 9.17) is 9.47 Å². The molecule has 0 unspecified atom stereocenters. The molecule has 152 valence electrons. The molecular weight excluding hydrogens is 380 g/mol. The summed E-state index contributed by atoms with van der Waals surface area (Å²) in [6.45, 7) is 1.79. The van der Waals surface area contributed by atoms with Crippen molar-refractivity contribution >= 4 is 23.0 Å². The van der Waals surface area contributed by atoms with Gasteiger partial charge in [-0.15, -0.1) is 0 Å². The average Bonchev–Trinajstić information content (AvgIpc) is 2.78. The van der Waals surface area contributed by atoms with Gasteiger partial charge in [-0.2, -0.15) is 5.26 Å². The molecule has 0 saturated carbocycles. The van der Waals surface area contributed by atoms with Gasteiger partial charge in [-0.1, -0.05) is 19.1 Å². The van der Waals surface area contributed by atoms with Crippen LogP contribution >= 0.6 is 0 Å².